The van der Waals surface area contributed by atoms with E-state index in [1.165, 1.54) is 6.92 Å². The molecular formula is C8H17O4P. The summed E-state index contributed by atoms with van der Waals surface area (Å²) in [5, 5.41) is 8.51. The van der Waals surface area contributed by atoms with Gasteiger partial charge in [0.1, 0.15) is 0 Å². The minimum atomic E-state index is -3.34. The van der Waals surface area contributed by atoms with Crippen LogP contribution in [0.25, 0.3) is 0 Å². The first-order chi connectivity index (χ1) is 5.72. The Morgan fingerprint density at radius 2 is 2.08 bits per heavy atom. The van der Waals surface area contributed by atoms with Crippen LogP contribution in [0.4, 0.5) is 0 Å². The SMILES string of the molecule is CCOP1(=O)OC(C)(C)CC1(C)O. The topological polar surface area (TPSA) is 55.8 Å². The summed E-state index contributed by atoms with van der Waals surface area (Å²) in [5.41, 5.74) is -0.575. The summed E-state index contributed by atoms with van der Waals surface area (Å²) in [5.74, 6) is 0. The first-order valence-corrected chi connectivity index (χ1v) is 5.94. The highest BCUT2D eigenvalue weighted by Gasteiger charge is 2.58. The van der Waals surface area contributed by atoms with Crippen LogP contribution in [0.1, 0.15) is 34.1 Å². The molecule has 5 heteroatoms. The minimum Gasteiger partial charge on any atom is -0.377 e. The van der Waals surface area contributed by atoms with Gasteiger partial charge in [0, 0.05) is 6.42 Å². The van der Waals surface area contributed by atoms with E-state index in [1.54, 1.807) is 20.8 Å². The summed E-state index contributed by atoms with van der Waals surface area (Å²) in [4.78, 5) is 0. The van der Waals surface area contributed by atoms with Crippen LogP contribution in [-0.2, 0) is 13.6 Å². The number of rotatable bonds is 2. The van der Waals surface area contributed by atoms with Crippen LogP contribution < -0.4 is 0 Å². The Hall–Kier alpha value is 0.110. The molecule has 4 nitrogen and oxygen atoms in total. The zero-order valence-corrected chi connectivity index (χ0v) is 9.43. The summed E-state index contributed by atoms with van der Waals surface area (Å²) < 4.78 is 22.3. The zero-order chi connectivity index (χ0) is 10.3. The van der Waals surface area contributed by atoms with Gasteiger partial charge in [0.2, 0.25) is 0 Å². The smallest absolute Gasteiger partial charge is 0.362 e. The van der Waals surface area contributed by atoms with Gasteiger partial charge in [0.25, 0.3) is 0 Å². The van der Waals surface area contributed by atoms with Crippen molar-refractivity contribution in [3.63, 3.8) is 0 Å². The summed E-state index contributed by atoms with van der Waals surface area (Å²) in [6, 6.07) is 0. The van der Waals surface area contributed by atoms with Crippen LogP contribution in [0.15, 0.2) is 0 Å². The average molecular weight is 208 g/mol. The van der Waals surface area contributed by atoms with Crippen molar-refractivity contribution in [2.45, 2.75) is 45.1 Å². The van der Waals surface area contributed by atoms with Gasteiger partial charge in [0.15, 0.2) is 5.34 Å². The van der Waals surface area contributed by atoms with E-state index in [-0.39, 0.29) is 6.61 Å². The Labute approximate surface area is 78.8 Å². The maximum Gasteiger partial charge on any atom is 0.362 e. The normalized spacial score (nSPS) is 43.8. The molecule has 1 aliphatic rings. The Balaban J connectivity index is 2.93. The van der Waals surface area contributed by atoms with Crippen LogP contribution in [0.3, 0.4) is 0 Å². The maximum absolute atomic E-state index is 12.0. The molecule has 0 aliphatic carbocycles. The molecule has 78 valence electrons. The van der Waals surface area contributed by atoms with Crippen molar-refractivity contribution < 1.29 is 18.7 Å². The Kier molecular flexibility index (Phi) is 2.63. The van der Waals surface area contributed by atoms with E-state index in [1.807, 2.05) is 0 Å². The molecule has 0 aromatic heterocycles. The van der Waals surface area contributed by atoms with Crippen LogP contribution in [0.5, 0.6) is 0 Å². The third-order valence-corrected chi connectivity index (χ3v) is 4.69. The van der Waals surface area contributed by atoms with E-state index >= 15 is 0 Å². The van der Waals surface area contributed by atoms with Crippen molar-refractivity contribution >= 4 is 7.60 Å². The lowest BCUT2D eigenvalue weighted by molar-refractivity contribution is 0.0926. The highest BCUT2D eigenvalue weighted by molar-refractivity contribution is 7.55. The van der Waals surface area contributed by atoms with Gasteiger partial charge in [-0.15, -0.1) is 0 Å². The molecule has 0 saturated carbocycles. The quantitative estimate of drug-likeness (QED) is 0.706. The largest absolute Gasteiger partial charge is 0.377 e. The molecule has 0 aromatic carbocycles. The fourth-order valence-corrected chi connectivity index (χ4v) is 3.85. The molecule has 0 bridgehead atoms. The zero-order valence-electron chi connectivity index (χ0n) is 8.53. The van der Waals surface area contributed by atoms with Crippen molar-refractivity contribution in [3.8, 4) is 0 Å². The third kappa shape index (κ3) is 1.96. The van der Waals surface area contributed by atoms with E-state index in [0.717, 1.165) is 0 Å². The Bertz CT molecular complexity index is 247. The predicted octanol–water partition coefficient (Wildman–Crippen LogP) is 2.12. The van der Waals surface area contributed by atoms with Gasteiger partial charge < -0.3 is 14.2 Å². The molecule has 2 atom stereocenters. The monoisotopic (exact) mass is 208 g/mol. The third-order valence-electron chi connectivity index (χ3n) is 2.02. The predicted molar refractivity (Wildman–Crippen MR) is 49.6 cm³/mol. The van der Waals surface area contributed by atoms with Crippen molar-refractivity contribution in [1.29, 1.82) is 0 Å². The van der Waals surface area contributed by atoms with Crippen molar-refractivity contribution in [1.82, 2.24) is 0 Å². The van der Waals surface area contributed by atoms with Gasteiger partial charge in [-0.05, 0) is 27.7 Å². The highest BCUT2D eigenvalue weighted by Crippen LogP contribution is 2.68. The molecule has 13 heavy (non-hydrogen) atoms. The highest BCUT2D eigenvalue weighted by atomic mass is 31.2. The van der Waals surface area contributed by atoms with E-state index < -0.39 is 18.5 Å². The minimum absolute atomic E-state index is 0.281. The molecule has 1 rings (SSSR count). The van der Waals surface area contributed by atoms with Gasteiger partial charge in [-0.25, -0.2) is 0 Å². The summed E-state index contributed by atoms with van der Waals surface area (Å²) in [7, 11) is -3.34. The second-order valence-corrected chi connectivity index (χ2v) is 6.56. The molecule has 1 heterocycles. The fraction of sp³-hybridized carbons (Fsp3) is 1.00. The van der Waals surface area contributed by atoms with E-state index in [9.17, 15) is 9.67 Å². The molecule has 1 N–H and O–H groups in total. The number of hydrogen-bond donors (Lipinski definition) is 1. The second-order valence-electron chi connectivity index (χ2n) is 4.16. The summed E-state index contributed by atoms with van der Waals surface area (Å²) >= 11 is 0. The first kappa shape index (κ1) is 11.2. The first-order valence-electron chi connectivity index (χ1n) is 4.40. The Morgan fingerprint density at radius 3 is 2.38 bits per heavy atom. The van der Waals surface area contributed by atoms with Crippen LogP contribution in [-0.4, -0.2) is 22.7 Å². The lowest BCUT2D eigenvalue weighted by atomic mass is 10.0. The lowest BCUT2D eigenvalue weighted by Gasteiger charge is -2.22. The van der Waals surface area contributed by atoms with Gasteiger partial charge in [-0.3, -0.25) is 4.57 Å². The lowest BCUT2D eigenvalue weighted by Crippen LogP contribution is -2.24. The molecule has 0 spiro atoms. The maximum atomic E-state index is 12.0. The second kappa shape index (κ2) is 3.06. The molecule has 2 unspecified atom stereocenters. The summed E-state index contributed by atoms with van der Waals surface area (Å²) in [6.45, 7) is 7.09. The van der Waals surface area contributed by atoms with Crippen LogP contribution in [0.2, 0.25) is 0 Å². The number of aliphatic hydroxyl groups is 1. The van der Waals surface area contributed by atoms with E-state index in [4.69, 9.17) is 9.05 Å². The van der Waals surface area contributed by atoms with E-state index in [2.05, 4.69) is 0 Å². The Morgan fingerprint density at radius 1 is 1.54 bits per heavy atom. The molecular weight excluding hydrogens is 191 g/mol. The van der Waals surface area contributed by atoms with Crippen molar-refractivity contribution in [2.24, 2.45) is 0 Å². The number of hydrogen-bond acceptors (Lipinski definition) is 4. The molecule has 0 aromatic rings. The van der Waals surface area contributed by atoms with Crippen molar-refractivity contribution in [3.05, 3.63) is 0 Å². The fourth-order valence-electron chi connectivity index (χ4n) is 1.69. The van der Waals surface area contributed by atoms with Gasteiger partial charge in [-0.1, -0.05) is 0 Å². The summed E-state index contributed by atoms with van der Waals surface area (Å²) in [6.07, 6.45) is 0.331. The van der Waals surface area contributed by atoms with E-state index in [0.29, 0.717) is 6.42 Å². The standard InChI is InChI=1S/C8H17O4P/c1-5-11-13(10)8(4,9)6-7(2,3)12-13/h9H,5-6H2,1-4H3. The molecule has 1 aliphatic heterocycles. The molecule has 0 amide bonds. The van der Waals surface area contributed by atoms with Gasteiger partial charge in [-0.2, -0.15) is 0 Å². The molecule has 1 fully saturated rings. The van der Waals surface area contributed by atoms with Crippen molar-refractivity contribution in [2.75, 3.05) is 6.61 Å². The molecule has 0 radical (unpaired) electrons. The van der Waals surface area contributed by atoms with Gasteiger partial charge in [0.05, 0.1) is 12.2 Å². The van der Waals surface area contributed by atoms with Gasteiger partial charge >= 0.3 is 7.60 Å². The van der Waals surface area contributed by atoms with Crippen LogP contribution in [0, 0.1) is 0 Å². The van der Waals surface area contributed by atoms with Crippen LogP contribution >= 0.6 is 7.60 Å². The average Bonchev–Trinajstić information content (AvgIpc) is 1.96. The molecule has 1 saturated heterocycles.